The summed E-state index contributed by atoms with van der Waals surface area (Å²) in [6.07, 6.45) is 7.71. The number of aryl methyl sites for hydroxylation is 1. The first kappa shape index (κ1) is 14.9. The Bertz CT molecular complexity index is 356. The van der Waals surface area contributed by atoms with Gasteiger partial charge in [0.2, 0.25) is 0 Å². The van der Waals surface area contributed by atoms with E-state index < -0.39 is 0 Å². The lowest BCUT2D eigenvalue weighted by molar-refractivity contribution is 0.111. The molecule has 1 aromatic heterocycles. The van der Waals surface area contributed by atoms with Crippen LogP contribution in [0.25, 0.3) is 0 Å². The molecule has 0 N–H and O–H groups in total. The van der Waals surface area contributed by atoms with E-state index in [9.17, 15) is 4.79 Å². The summed E-state index contributed by atoms with van der Waals surface area (Å²) in [5, 5.41) is 8.13. The van der Waals surface area contributed by atoms with E-state index in [1.807, 2.05) is 4.68 Å². The van der Waals surface area contributed by atoms with E-state index in [1.165, 1.54) is 19.3 Å². The standard InChI is InChI=1S/C14H25N3O/c1-4-7-8-9-10-17-14(12(5-2)6-3)13(11-18)15-16-17/h11-12H,4-10H2,1-3H3. The summed E-state index contributed by atoms with van der Waals surface area (Å²) < 4.78 is 1.94. The van der Waals surface area contributed by atoms with Gasteiger partial charge in [0.1, 0.15) is 5.69 Å². The predicted octanol–water partition coefficient (Wildman–Crippen LogP) is 3.57. The van der Waals surface area contributed by atoms with Crippen molar-refractivity contribution in [2.45, 2.75) is 71.8 Å². The van der Waals surface area contributed by atoms with Gasteiger partial charge in [-0.25, -0.2) is 4.68 Å². The molecule has 1 aromatic rings. The van der Waals surface area contributed by atoms with Gasteiger partial charge in [0.05, 0.1) is 5.69 Å². The highest BCUT2D eigenvalue weighted by Crippen LogP contribution is 2.24. The van der Waals surface area contributed by atoms with Gasteiger partial charge in [-0.2, -0.15) is 0 Å². The van der Waals surface area contributed by atoms with Gasteiger partial charge in [-0.15, -0.1) is 5.10 Å². The maximum Gasteiger partial charge on any atom is 0.172 e. The van der Waals surface area contributed by atoms with Crippen LogP contribution in [0.1, 0.15) is 81.4 Å². The second-order valence-electron chi connectivity index (χ2n) is 4.77. The summed E-state index contributed by atoms with van der Waals surface area (Å²) in [5.74, 6) is 0.395. The van der Waals surface area contributed by atoms with E-state index in [0.29, 0.717) is 11.6 Å². The Morgan fingerprint density at radius 3 is 2.44 bits per heavy atom. The summed E-state index contributed by atoms with van der Waals surface area (Å²) >= 11 is 0. The average molecular weight is 251 g/mol. The lowest BCUT2D eigenvalue weighted by Crippen LogP contribution is -2.10. The largest absolute Gasteiger partial charge is 0.296 e. The topological polar surface area (TPSA) is 47.8 Å². The Kier molecular flexibility index (Phi) is 6.61. The molecule has 1 rings (SSSR count). The first-order valence-corrected chi connectivity index (χ1v) is 7.16. The Morgan fingerprint density at radius 1 is 1.17 bits per heavy atom. The van der Waals surface area contributed by atoms with Crippen molar-refractivity contribution in [1.29, 1.82) is 0 Å². The van der Waals surface area contributed by atoms with Gasteiger partial charge in [0.15, 0.2) is 6.29 Å². The van der Waals surface area contributed by atoms with Gasteiger partial charge in [-0.1, -0.05) is 45.2 Å². The third-order valence-corrected chi connectivity index (χ3v) is 3.51. The number of carbonyl (C=O) groups is 1. The molecule has 0 unspecified atom stereocenters. The Morgan fingerprint density at radius 2 is 1.89 bits per heavy atom. The van der Waals surface area contributed by atoms with Crippen LogP contribution < -0.4 is 0 Å². The summed E-state index contributed by atoms with van der Waals surface area (Å²) in [4.78, 5) is 11.0. The molecule has 102 valence electrons. The maximum atomic E-state index is 11.0. The van der Waals surface area contributed by atoms with E-state index in [-0.39, 0.29) is 0 Å². The average Bonchev–Trinajstić information content (AvgIpc) is 2.80. The number of hydrogen-bond donors (Lipinski definition) is 0. The summed E-state index contributed by atoms with van der Waals surface area (Å²) in [6, 6.07) is 0. The minimum atomic E-state index is 0.395. The fourth-order valence-corrected chi connectivity index (χ4v) is 2.37. The van der Waals surface area contributed by atoms with Crippen LogP contribution >= 0.6 is 0 Å². The van der Waals surface area contributed by atoms with Gasteiger partial charge in [0.25, 0.3) is 0 Å². The summed E-state index contributed by atoms with van der Waals surface area (Å²) in [6.45, 7) is 7.39. The first-order chi connectivity index (χ1) is 8.78. The highest BCUT2D eigenvalue weighted by molar-refractivity contribution is 5.73. The fourth-order valence-electron chi connectivity index (χ4n) is 2.37. The van der Waals surface area contributed by atoms with Gasteiger partial charge >= 0.3 is 0 Å². The molecule has 0 bridgehead atoms. The van der Waals surface area contributed by atoms with Crippen LogP contribution in [0, 0.1) is 0 Å². The molecule has 0 spiro atoms. The molecule has 0 fully saturated rings. The minimum Gasteiger partial charge on any atom is -0.296 e. The number of carbonyl (C=O) groups excluding carboxylic acids is 1. The number of hydrogen-bond acceptors (Lipinski definition) is 3. The minimum absolute atomic E-state index is 0.395. The molecular weight excluding hydrogens is 226 g/mol. The molecule has 0 saturated heterocycles. The third kappa shape index (κ3) is 3.65. The molecule has 0 atom stereocenters. The van der Waals surface area contributed by atoms with E-state index in [2.05, 4.69) is 31.1 Å². The summed E-state index contributed by atoms with van der Waals surface area (Å²) in [7, 11) is 0. The monoisotopic (exact) mass is 251 g/mol. The molecule has 0 saturated carbocycles. The van der Waals surface area contributed by atoms with Crippen molar-refractivity contribution in [1.82, 2.24) is 15.0 Å². The quantitative estimate of drug-likeness (QED) is 0.498. The Balaban J connectivity index is 2.77. The number of unbranched alkanes of at least 4 members (excludes halogenated alkanes) is 3. The number of nitrogens with zero attached hydrogens (tertiary/aromatic N) is 3. The fraction of sp³-hybridized carbons (Fsp3) is 0.786. The highest BCUT2D eigenvalue weighted by atomic mass is 16.1. The highest BCUT2D eigenvalue weighted by Gasteiger charge is 2.19. The smallest absolute Gasteiger partial charge is 0.172 e. The van der Waals surface area contributed by atoms with Crippen LogP contribution in [0.15, 0.2) is 0 Å². The zero-order valence-corrected chi connectivity index (χ0v) is 11.9. The zero-order valence-electron chi connectivity index (χ0n) is 11.9. The van der Waals surface area contributed by atoms with Crippen molar-refractivity contribution < 1.29 is 4.79 Å². The maximum absolute atomic E-state index is 11.0. The lowest BCUT2D eigenvalue weighted by atomic mass is 9.97. The van der Waals surface area contributed by atoms with Gasteiger partial charge in [-0.05, 0) is 19.3 Å². The molecule has 0 radical (unpaired) electrons. The van der Waals surface area contributed by atoms with Crippen LogP contribution in [0.3, 0.4) is 0 Å². The second-order valence-corrected chi connectivity index (χ2v) is 4.77. The van der Waals surface area contributed by atoms with Crippen molar-refractivity contribution in [3.63, 3.8) is 0 Å². The van der Waals surface area contributed by atoms with E-state index >= 15 is 0 Å². The first-order valence-electron chi connectivity index (χ1n) is 7.16. The normalized spacial score (nSPS) is 11.1. The van der Waals surface area contributed by atoms with Crippen LogP contribution in [0.2, 0.25) is 0 Å². The number of aldehydes is 1. The van der Waals surface area contributed by atoms with Crippen molar-refractivity contribution in [3.05, 3.63) is 11.4 Å². The number of aromatic nitrogens is 3. The number of rotatable bonds is 9. The van der Waals surface area contributed by atoms with Crippen molar-refractivity contribution in [2.24, 2.45) is 0 Å². The van der Waals surface area contributed by atoms with Crippen LogP contribution in [0.5, 0.6) is 0 Å². The molecule has 4 heteroatoms. The molecular formula is C14H25N3O. The van der Waals surface area contributed by atoms with Crippen LogP contribution in [-0.2, 0) is 6.54 Å². The SMILES string of the molecule is CCCCCCn1nnc(C=O)c1C(CC)CC. The summed E-state index contributed by atoms with van der Waals surface area (Å²) in [5.41, 5.74) is 1.56. The predicted molar refractivity (Wildman–Crippen MR) is 72.9 cm³/mol. The lowest BCUT2D eigenvalue weighted by Gasteiger charge is -2.14. The molecule has 0 amide bonds. The van der Waals surface area contributed by atoms with E-state index in [1.54, 1.807) is 0 Å². The Labute approximate surface area is 110 Å². The molecule has 1 heterocycles. The van der Waals surface area contributed by atoms with E-state index in [4.69, 9.17) is 0 Å². The van der Waals surface area contributed by atoms with Gasteiger partial charge in [-0.3, -0.25) is 4.79 Å². The van der Waals surface area contributed by atoms with Crippen LogP contribution in [-0.4, -0.2) is 21.3 Å². The molecule has 0 aromatic carbocycles. The molecule has 0 aliphatic carbocycles. The second kappa shape index (κ2) is 8.01. The zero-order chi connectivity index (χ0) is 13.4. The van der Waals surface area contributed by atoms with Crippen molar-refractivity contribution in [2.75, 3.05) is 0 Å². The molecule has 0 aliphatic rings. The van der Waals surface area contributed by atoms with Crippen molar-refractivity contribution in [3.8, 4) is 0 Å². The van der Waals surface area contributed by atoms with Crippen molar-refractivity contribution >= 4 is 6.29 Å². The van der Waals surface area contributed by atoms with E-state index in [0.717, 1.165) is 37.8 Å². The van der Waals surface area contributed by atoms with Gasteiger partial charge in [0, 0.05) is 12.5 Å². The molecule has 4 nitrogen and oxygen atoms in total. The molecule has 0 aliphatic heterocycles. The Hall–Kier alpha value is -1.19. The molecule has 18 heavy (non-hydrogen) atoms. The van der Waals surface area contributed by atoms with Gasteiger partial charge < -0.3 is 0 Å². The third-order valence-electron chi connectivity index (χ3n) is 3.51. The van der Waals surface area contributed by atoms with Crippen LogP contribution in [0.4, 0.5) is 0 Å².